The highest BCUT2D eigenvalue weighted by molar-refractivity contribution is 5.65. The van der Waals surface area contributed by atoms with Gasteiger partial charge in [-0.25, -0.2) is 4.68 Å². The summed E-state index contributed by atoms with van der Waals surface area (Å²) in [5.74, 6) is 2.69. The third kappa shape index (κ3) is 7.08. The van der Waals surface area contributed by atoms with Gasteiger partial charge in [-0.1, -0.05) is 63.9 Å². The summed E-state index contributed by atoms with van der Waals surface area (Å²) in [6, 6.07) is 17.8. The van der Waals surface area contributed by atoms with Crippen molar-refractivity contribution in [1.29, 1.82) is 0 Å². The zero-order chi connectivity index (χ0) is 24.5. The maximum atomic E-state index is 10.7. The highest BCUT2D eigenvalue weighted by Crippen LogP contribution is 2.34. The molecule has 2 aromatic carbocycles. The number of benzene rings is 2. The van der Waals surface area contributed by atoms with Crippen molar-refractivity contribution in [2.75, 3.05) is 20.2 Å². The van der Waals surface area contributed by atoms with Gasteiger partial charge < -0.3 is 14.6 Å². The Morgan fingerprint density at radius 2 is 1.68 bits per heavy atom. The molecule has 6 heteroatoms. The molecule has 34 heavy (non-hydrogen) atoms. The van der Waals surface area contributed by atoms with Gasteiger partial charge in [-0.2, -0.15) is 5.10 Å². The number of aliphatic hydroxyl groups is 1. The van der Waals surface area contributed by atoms with Gasteiger partial charge in [0.1, 0.15) is 17.2 Å². The SMILES string of the molecule is CCCCC(O)CN(Cc1c(-c2ccccc2)nn(C)c1Oc1ccc(OC)cc1)CC(C)C. The van der Waals surface area contributed by atoms with Crippen molar-refractivity contribution < 1.29 is 14.6 Å². The minimum absolute atomic E-state index is 0.346. The van der Waals surface area contributed by atoms with Crippen LogP contribution >= 0.6 is 0 Å². The van der Waals surface area contributed by atoms with Crippen LogP contribution in [0.25, 0.3) is 11.3 Å². The van der Waals surface area contributed by atoms with E-state index in [1.165, 1.54) is 0 Å². The van der Waals surface area contributed by atoms with Gasteiger partial charge in [0, 0.05) is 32.2 Å². The summed E-state index contributed by atoms with van der Waals surface area (Å²) in [5, 5.41) is 15.5. The monoisotopic (exact) mass is 465 g/mol. The average Bonchev–Trinajstić information content (AvgIpc) is 3.13. The first-order chi connectivity index (χ1) is 16.4. The molecule has 0 spiro atoms. The molecule has 0 aliphatic carbocycles. The van der Waals surface area contributed by atoms with Crippen molar-refractivity contribution in [1.82, 2.24) is 14.7 Å². The van der Waals surface area contributed by atoms with Gasteiger partial charge >= 0.3 is 0 Å². The summed E-state index contributed by atoms with van der Waals surface area (Å²) in [6.07, 6.45) is 2.59. The number of aliphatic hydroxyl groups excluding tert-OH is 1. The van der Waals surface area contributed by atoms with Crippen molar-refractivity contribution in [2.45, 2.75) is 52.7 Å². The lowest BCUT2D eigenvalue weighted by molar-refractivity contribution is 0.0929. The zero-order valence-corrected chi connectivity index (χ0v) is 21.2. The number of rotatable bonds is 13. The zero-order valence-electron chi connectivity index (χ0n) is 21.2. The minimum Gasteiger partial charge on any atom is -0.497 e. The van der Waals surface area contributed by atoms with Crippen LogP contribution in [0.15, 0.2) is 54.6 Å². The van der Waals surface area contributed by atoms with Crippen LogP contribution in [0.2, 0.25) is 0 Å². The van der Waals surface area contributed by atoms with E-state index >= 15 is 0 Å². The summed E-state index contributed by atoms with van der Waals surface area (Å²) in [6.45, 7) is 8.73. The molecule has 0 fully saturated rings. The lowest BCUT2D eigenvalue weighted by Gasteiger charge is -2.27. The largest absolute Gasteiger partial charge is 0.497 e. The number of aromatic nitrogens is 2. The van der Waals surface area contributed by atoms with Crippen LogP contribution < -0.4 is 9.47 Å². The number of aryl methyl sites for hydroxylation is 1. The second-order valence-electron chi connectivity index (χ2n) is 9.28. The highest BCUT2D eigenvalue weighted by atomic mass is 16.5. The molecule has 0 saturated heterocycles. The predicted octanol–water partition coefficient (Wildman–Crippen LogP) is 5.90. The molecule has 3 rings (SSSR count). The van der Waals surface area contributed by atoms with Gasteiger partial charge in [0.2, 0.25) is 5.88 Å². The lowest BCUT2D eigenvalue weighted by atomic mass is 10.1. The number of unbranched alkanes of at least 4 members (excludes halogenated alkanes) is 1. The smallest absolute Gasteiger partial charge is 0.222 e. The van der Waals surface area contributed by atoms with Crippen LogP contribution in [0, 0.1) is 5.92 Å². The standard InChI is InChI=1S/C28H39N3O3/c1-6-7-13-23(32)19-31(18-21(2)3)20-26-27(22-11-9-8-10-12-22)29-30(4)28(26)34-25-16-14-24(33-5)15-17-25/h8-12,14-17,21,23,32H,6-7,13,18-20H2,1-5H3. The maximum absolute atomic E-state index is 10.7. The number of methoxy groups -OCH3 is 1. The van der Waals surface area contributed by atoms with Crippen molar-refractivity contribution >= 4 is 0 Å². The summed E-state index contributed by atoms with van der Waals surface area (Å²) in [5.41, 5.74) is 2.98. The Kier molecular flexibility index (Phi) is 9.54. The molecule has 1 unspecified atom stereocenters. The summed E-state index contributed by atoms with van der Waals surface area (Å²) in [4.78, 5) is 2.33. The first kappa shape index (κ1) is 25.8. The third-order valence-corrected chi connectivity index (χ3v) is 5.77. The first-order valence-electron chi connectivity index (χ1n) is 12.2. The third-order valence-electron chi connectivity index (χ3n) is 5.77. The van der Waals surface area contributed by atoms with Gasteiger partial charge in [0.05, 0.1) is 18.8 Å². The van der Waals surface area contributed by atoms with E-state index in [1.807, 2.05) is 54.2 Å². The number of nitrogens with zero attached hydrogens (tertiary/aromatic N) is 3. The minimum atomic E-state index is -0.346. The van der Waals surface area contributed by atoms with Gasteiger partial charge in [0.25, 0.3) is 0 Å². The Morgan fingerprint density at radius 1 is 1.00 bits per heavy atom. The van der Waals surface area contributed by atoms with Crippen molar-refractivity contribution in [2.24, 2.45) is 13.0 Å². The van der Waals surface area contributed by atoms with E-state index < -0.39 is 0 Å². The van der Waals surface area contributed by atoms with Gasteiger partial charge in [-0.3, -0.25) is 4.90 Å². The predicted molar refractivity (Wildman–Crippen MR) is 137 cm³/mol. The van der Waals surface area contributed by atoms with E-state index in [9.17, 15) is 5.11 Å². The van der Waals surface area contributed by atoms with Crippen LogP contribution in [-0.4, -0.2) is 46.1 Å². The molecule has 1 aromatic heterocycles. The van der Waals surface area contributed by atoms with Crippen LogP contribution in [0.3, 0.4) is 0 Å². The maximum Gasteiger partial charge on any atom is 0.222 e. The van der Waals surface area contributed by atoms with Crippen LogP contribution in [0.5, 0.6) is 17.4 Å². The summed E-state index contributed by atoms with van der Waals surface area (Å²) in [7, 11) is 3.57. The molecule has 6 nitrogen and oxygen atoms in total. The molecule has 0 bridgehead atoms. The summed E-state index contributed by atoms with van der Waals surface area (Å²) >= 11 is 0. The topological polar surface area (TPSA) is 59.8 Å². The second kappa shape index (κ2) is 12.6. The molecular weight excluding hydrogens is 426 g/mol. The molecule has 0 amide bonds. The highest BCUT2D eigenvalue weighted by Gasteiger charge is 2.23. The Morgan fingerprint density at radius 3 is 2.29 bits per heavy atom. The second-order valence-corrected chi connectivity index (χ2v) is 9.28. The molecule has 184 valence electrons. The van der Waals surface area contributed by atoms with Crippen molar-refractivity contribution in [3.8, 4) is 28.6 Å². The fourth-order valence-corrected chi connectivity index (χ4v) is 4.18. The number of hydrogen-bond donors (Lipinski definition) is 1. The van der Waals surface area contributed by atoms with Crippen molar-refractivity contribution in [3.05, 3.63) is 60.2 Å². The average molecular weight is 466 g/mol. The lowest BCUT2D eigenvalue weighted by Crippen LogP contribution is -2.35. The van der Waals surface area contributed by atoms with Crippen LogP contribution in [0.4, 0.5) is 0 Å². The van der Waals surface area contributed by atoms with Crippen LogP contribution in [-0.2, 0) is 13.6 Å². The molecule has 1 atom stereocenters. The Hall–Kier alpha value is -2.83. The Bertz CT molecular complexity index is 1000. The quantitative estimate of drug-likeness (QED) is 0.341. The molecular formula is C28H39N3O3. The molecule has 0 saturated carbocycles. The molecule has 3 aromatic rings. The van der Waals surface area contributed by atoms with E-state index in [2.05, 4.69) is 37.8 Å². The van der Waals surface area contributed by atoms with Gasteiger partial charge in [0.15, 0.2) is 0 Å². The van der Waals surface area contributed by atoms with E-state index in [-0.39, 0.29) is 6.10 Å². The van der Waals surface area contributed by atoms with E-state index in [0.29, 0.717) is 24.9 Å². The number of ether oxygens (including phenoxy) is 2. The molecule has 1 N–H and O–H groups in total. The van der Waals surface area contributed by atoms with E-state index in [0.717, 1.165) is 54.1 Å². The first-order valence-corrected chi connectivity index (χ1v) is 12.2. The molecule has 0 aliphatic rings. The number of hydrogen-bond acceptors (Lipinski definition) is 5. The van der Waals surface area contributed by atoms with E-state index in [4.69, 9.17) is 14.6 Å². The Balaban J connectivity index is 1.96. The molecule has 1 heterocycles. The van der Waals surface area contributed by atoms with Gasteiger partial charge in [-0.05, 0) is 36.6 Å². The summed E-state index contributed by atoms with van der Waals surface area (Å²) < 4.78 is 13.5. The Labute approximate surface area is 204 Å². The van der Waals surface area contributed by atoms with Crippen molar-refractivity contribution in [3.63, 3.8) is 0 Å². The molecule has 0 radical (unpaired) electrons. The molecule has 0 aliphatic heterocycles. The van der Waals surface area contributed by atoms with Gasteiger partial charge in [-0.15, -0.1) is 0 Å². The fraction of sp³-hybridized carbons (Fsp3) is 0.464. The van der Waals surface area contributed by atoms with Crippen LogP contribution in [0.1, 0.15) is 45.6 Å². The van der Waals surface area contributed by atoms with E-state index in [1.54, 1.807) is 7.11 Å². The normalized spacial score (nSPS) is 12.4. The fourth-order valence-electron chi connectivity index (χ4n) is 4.18.